The van der Waals surface area contributed by atoms with Gasteiger partial charge in [0, 0.05) is 5.02 Å². The van der Waals surface area contributed by atoms with Crippen LogP contribution < -0.4 is 10.6 Å². The van der Waals surface area contributed by atoms with Crippen LogP contribution in [0.1, 0.15) is 32.4 Å². The molecule has 0 radical (unpaired) electrons. The molecule has 1 aliphatic rings. The molecule has 1 unspecified atom stereocenters. The molecule has 1 aromatic rings. The Bertz CT molecular complexity index is 728. The Hall–Kier alpha value is -2.54. The van der Waals surface area contributed by atoms with Crippen LogP contribution in [0, 0.1) is 5.92 Å². The van der Waals surface area contributed by atoms with Gasteiger partial charge >= 0.3 is 18.0 Å². The molecule has 0 saturated heterocycles. The Kier molecular flexibility index (Phi) is 6.63. The molecular formula is C18H21ClN2O5. The molecule has 1 aliphatic heterocycles. The molecule has 1 heterocycles. The van der Waals surface area contributed by atoms with Gasteiger partial charge in [0.15, 0.2) is 0 Å². The van der Waals surface area contributed by atoms with E-state index in [-0.39, 0.29) is 30.4 Å². The number of halogens is 1. The highest BCUT2D eigenvalue weighted by Gasteiger charge is 2.34. The van der Waals surface area contributed by atoms with Crippen LogP contribution in [0.5, 0.6) is 0 Å². The zero-order chi connectivity index (χ0) is 19.3. The van der Waals surface area contributed by atoms with Crippen molar-refractivity contribution >= 4 is 29.6 Å². The highest BCUT2D eigenvalue weighted by atomic mass is 35.5. The van der Waals surface area contributed by atoms with E-state index in [1.165, 1.54) is 0 Å². The molecule has 2 rings (SSSR count). The first-order chi connectivity index (χ1) is 12.3. The lowest BCUT2D eigenvalue weighted by Crippen LogP contribution is -2.47. The molecule has 0 aliphatic carbocycles. The number of rotatable bonds is 6. The Morgan fingerprint density at radius 1 is 1.19 bits per heavy atom. The number of amides is 2. The van der Waals surface area contributed by atoms with Gasteiger partial charge in [-0.25, -0.2) is 9.59 Å². The molecular weight excluding hydrogens is 360 g/mol. The van der Waals surface area contributed by atoms with E-state index in [1.807, 2.05) is 0 Å². The summed E-state index contributed by atoms with van der Waals surface area (Å²) in [5.74, 6) is -1.36. The van der Waals surface area contributed by atoms with Crippen molar-refractivity contribution in [3.05, 3.63) is 46.1 Å². The first-order valence-corrected chi connectivity index (χ1v) is 8.61. The summed E-state index contributed by atoms with van der Waals surface area (Å²) in [6, 6.07) is 5.48. The average Bonchev–Trinajstić information content (AvgIpc) is 2.59. The van der Waals surface area contributed by atoms with Crippen molar-refractivity contribution in [3.63, 3.8) is 0 Å². The van der Waals surface area contributed by atoms with Crippen molar-refractivity contribution in [2.75, 3.05) is 13.2 Å². The van der Waals surface area contributed by atoms with Crippen molar-refractivity contribution in [1.82, 2.24) is 10.6 Å². The van der Waals surface area contributed by atoms with Gasteiger partial charge in [-0.2, -0.15) is 0 Å². The molecule has 0 aromatic heterocycles. The van der Waals surface area contributed by atoms with Crippen molar-refractivity contribution in [1.29, 1.82) is 0 Å². The summed E-state index contributed by atoms with van der Waals surface area (Å²) in [5, 5.41) is 5.76. The first-order valence-electron chi connectivity index (χ1n) is 8.23. The molecule has 2 amide bonds. The number of benzene rings is 1. The molecule has 8 heteroatoms. The second-order valence-electron chi connectivity index (χ2n) is 5.96. The molecule has 2 N–H and O–H groups in total. The predicted octanol–water partition coefficient (Wildman–Crippen LogP) is 2.71. The fourth-order valence-corrected chi connectivity index (χ4v) is 2.52. The Morgan fingerprint density at radius 2 is 1.85 bits per heavy atom. The van der Waals surface area contributed by atoms with Crippen LogP contribution in [0.4, 0.5) is 4.79 Å². The molecule has 26 heavy (non-hydrogen) atoms. The fourth-order valence-electron chi connectivity index (χ4n) is 2.40. The largest absolute Gasteiger partial charge is 0.463 e. The van der Waals surface area contributed by atoms with Gasteiger partial charge in [-0.1, -0.05) is 37.6 Å². The highest BCUT2D eigenvalue weighted by molar-refractivity contribution is 6.30. The maximum atomic E-state index is 12.5. The van der Waals surface area contributed by atoms with E-state index in [9.17, 15) is 14.4 Å². The molecule has 140 valence electrons. The number of carbonyl (C=O) groups is 3. The van der Waals surface area contributed by atoms with E-state index in [0.29, 0.717) is 10.6 Å². The molecule has 0 saturated carbocycles. The van der Waals surface area contributed by atoms with E-state index in [1.54, 1.807) is 45.0 Å². The van der Waals surface area contributed by atoms with Gasteiger partial charge < -0.3 is 20.1 Å². The standard InChI is InChI=1S/C18H21ClN2O5/c1-4-25-17(23)14-13(9-26-16(22)10(2)3)20-18(24)21-15(14)11-5-7-12(19)8-6-11/h5-8,10,15H,4,9H2,1-3H3,(H2,20,21,24). The second kappa shape index (κ2) is 8.71. The minimum Gasteiger partial charge on any atom is -0.463 e. The summed E-state index contributed by atoms with van der Waals surface area (Å²) < 4.78 is 10.3. The number of esters is 2. The van der Waals surface area contributed by atoms with E-state index < -0.39 is 24.0 Å². The summed E-state index contributed by atoms with van der Waals surface area (Å²) in [7, 11) is 0. The molecule has 0 bridgehead atoms. The normalized spacial score (nSPS) is 16.8. The quantitative estimate of drug-likeness (QED) is 0.740. The summed E-state index contributed by atoms with van der Waals surface area (Å²) in [6.07, 6.45) is 0. The summed E-state index contributed by atoms with van der Waals surface area (Å²) >= 11 is 5.91. The fraction of sp³-hybridized carbons (Fsp3) is 0.389. The van der Waals surface area contributed by atoms with Gasteiger partial charge in [-0.3, -0.25) is 4.79 Å². The number of hydrogen-bond acceptors (Lipinski definition) is 5. The van der Waals surface area contributed by atoms with Gasteiger partial charge in [-0.15, -0.1) is 0 Å². The Balaban J connectivity index is 2.41. The summed E-state index contributed by atoms with van der Waals surface area (Å²) in [4.78, 5) is 36.3. The monoisotopic (exact) mass is 380 g/mol. The van der Waals surface area contributed by atoms with E-state index in [2.05, 4.69) is 10.6 Å². The summed E-state index contributed by atoms with van der Waals surface area (Å²) in [6.45, 7) is 5.01. The number of hydrogen-bond donors (Lipinski definition) is 2. The van der Waals surface area contributed by atoms with Gasteiger partial charge in [0.25, 0.3) is 0 Å². The lowest BCUT2D eigenvalue weighted by atomic mass is 9.95. The maximum absolute atomic E-state index is 12.5. The van der Waals surface area contributed by atoms with Crippen molar-refractivity contribution < 1.29 is 23.9 Å². The first kappa shape index (κ1) is 19.8. The molecule has 1 aromatic carbocycles. The van der Waals surface area contributed by atoms with Crippen LogP contribution >= 0.6 is 11.6 Å². The zero-order valence-corrected chi connectivity index (χ0v) is 15.6. The zero-order valence-electron chi connectivity index (χ0n) is 14.8. The number of carbonyl (C=O) groups excluding carboxylic acids is 3. The minimum absolute atomic E-state index is 0.169. The topological polar surface area (TPSA) is 93.7 Å². The molecule has 1 atom stereocenters. The van der Waals surface area contributed by atoms with Crippen LogP contribution in [0.15, 0.2) is 35.5 Å². The molecule has 0 spiro atoms. The van der Waals surface area contributed by atoms with Crippen LogP contribution in [0.2, 0.25) is 5.02 Å². The smallest absolute Gasteiger partial charge is 0.338 e. The predicted molar refractivity (Wildman–Crippen MR) is 95.3 cm³/mol. The third-order valence-corrected chi connectivity index (χ3v) is 3.93. The highest BCUT2D eigenvalue weighted by Crippen LogP contribution is 2.28. The third kappa shape index (κ3) is 4.76. The van der Waals surface area contributed by atoms with Crippen LogP contribution in [0.25, 0.3) is 0 Å². The summed E-state index contributed by atoms with van der Waals surface area (Å²) in [5.41, 5.74) is 1.03. The minimum atomic E-state index is -0.743. The van der Waals surface area contributed by atoms with E-state index in [4.69, 9.17) is 21.1 Å². The number of ether oxygens (including phenoxy) is 2. The van der Waals surface area contributed by atoms with E-state index in [0.717, 1.165) is 0 Å². The second-order valence-corrected chi connectivity index (χ2v) is 6.39. The van der Waals surface area contributed by atoms with Crippen LogP contribution in [-0.2, 0) is 19.1 Å². The molecule has 7 nitrogen and oxygen atoms in total. The average molecular weight is 381 g/mol. The maximum Gasteiger partial charge on any atom is 0.338 e. The Morgan fingerprint density at radius 3 is 2.42 bits per heavy atom. The lowest BCUT2D eigenvalue weighted by Gasteiger charge is -2.29. The van der Waals surface area contributed by atoms with Gasteiger partial charge in [0.05, 0.1) is 29.8 Å². The number of nitrogens with one attached hydrogen (secondary N) is 2. The van der Waals surface area contributed by atoms with Crippen LogP contribution in [0.3, 0.4) is 0 Å². The van der Waals surface area contributed by atoms with Crippen molar-refractivity contribution in [3.8, 4) is 0 Å². The van der Waals surface area contributed by atoms with Gasteiger partial charge in [0.2, 0.25) is 0 Å². The van der Waals surface area contributed by atoms with Gasteiger partial charge in [0.1, 0.15) is 6.61 Å². The number of urea groups is 1. The SMILES string of the molecule is CCOC(=O)C1=C(COC(=O)C(C)C)NC(=O)NC1c1ccc(Cl)cc1. The van der Waals surface area contributed by atoms with E-state index >= 15 is 0 Å². The van der Waals surface area contributed by atoms with Gasteiger partial charge in [-0.05, 0) is 24.6 Å². The van der Waals surface area contributed by atoms with Crippen LogP contribution in [-0.4, -0.2) is 31.2 Å². The molecule has 0 fully saturated rings. The lowest BCUT2D eigenvalue weighted by molar-refractivity contribution is -0.147. The van der Waals surface area contributed by atoms with Crippen molar-refractivity contribution in [2.24, 2.45) is 5.92 Å². The third-order valence-electron chi connectivity index (χ3n) is 3.68. The Labute approximate surface area is 156 Å². The van der Waals surface area contributed by atoms with Crippen molar-refractivity contribution in [2.45, 2.75) is 26.8 Å².